The number of carbonyl (C=O) groups is 1. The van der Waals surface area contributed by atoms with E-state index in [9.17, 15) is 9.90 Å². The minimum Gasteiger partial charge on any atom is -0.378 e. The predicted molar refractivity (Wildman–Crippen MR) is 121 cm³/mol. The maximum atomic E-state index is 13.0. The molecule has 0 aliphatic rings. The molecule has 0 bridgehead atoms. The van der Waals surface area contributed by atoms with Gasteiger partial charge in [-0.05, 0) is 29.0 Å². The van der Waals surface area contributed by atoms with Crippen molar-refractivity contribution in [2.24, 2.45) is 11.7 Å². The highest BCUT2D eigenvalue weighted by Gasteiger charge is 2.43. The summed E-state index contributed by atoms with van der Waals surface area (Å²) >= 11 is 0. The van der Waals surface area contributed by atoms with E-state index in [1.54, 1.807) is 0 Å². The second-order valence-corrected chi connectivity index (χ2v) is 8.02. The van der Waals surface area contributed by atoms with E-state index in [4.69, 9.17) is 5.73 Å². The molecule has 3 aromatic carbocycles. The molecule has 2 atom stereocenters. The molecule has 0 radical (unpaired) electrons. The van der Waals surface area contributed by atoms with Gasteiger partial charge >= 0.3 is 0 Å². The molecule has 30 heavy (non-hydrogen) atoms. The van der Waals surface area contributed by atoms with Crippen molar-refractivity contribution in [2.45, 2.75) is 38.0 Å². The molecule has 0 aliphatic heterocycles. The minimum atomic E-state index is -1.39. The third-order valence-corrected chi connectivity index (χ3v) is 5.48. The van der Waals surface area contributed by atoms with Crippen molar-refractivity contribution >= 4 is 5.91 Å². The van der Waals surface area contributed by atoms with Gasteiger partial charge in [0.1, 0.15) is 5.60 Å². The number of aliphatic hydroxyl groups is 1. The Bertz CT molecular complexity index is 888. The van der Waals surface area contributed by atoms with Crippen LogP contribution in [0.4, 0.5) is 0 Å². The monoisotopic (exact) mass is 402 g/mol. The SMILES string of the molecule is CC(C)[C@H](NC(=O)[C@@H](N)Cc1ccccc1)C(O)(c1ccccc1)c1ccccc1. The number of amides is 1. The second-order valence-electron chi connectivity index (χ2n) is 8.02. The lowest BCUT2D eigenvalue weighted by atomic mass is 9.75. The Morgan fingerprint density at radius 1 is 0.867 bits per heavy atom. The molecule has 3 aromatic rings. The molecule has 0 unspecified atom stereocenters. The summed E-state index contributed by atoms with van der Waals surface area (Å²) in [5, 5.41) is 15.1. The van der Waals surface area contributed by atoms with Gasteiger partial charge in [0.05, 0.1) is 12.1 Å². The fourth-order valence-electron chi connectivity index (χ4n) is 3.88. The number of benzene rings is 3. The number of hydrogen-bond acceptors (Lipinski definition) is 3. The number of hydrogen-bond donors (Lipinski definition) is 3. The van der Waals surface area contributed by atoms with Crippen LogP contribution in [0.1, 0.15) is 30.5 Å². The summed E-state index contributed by atoms with van der Waals surface area (Å²) in [6.07, 6.45) is 0.437. The highest BCUT2D eigenvalue weighted by molar-refractivity contribution is 5.82. The molecule has 3 rings (SSSR count). The van der Waals surface area contributed by atoms with Gasteiger partial charge in [-0.1, -0.05) is 105 Å². The molecule has 0 spiro atoms. The molecule has 0 aliphatic carbocycles. The first-order chi connectivity index (χ1) is 14.4. The number of carbonyl (C=O) groups excluding carboxylic acids is 1. The van der Waals surface area contributed by atoms with E-state index in [1.165, 1.54) is 0 Å². The lowest BCUT2D eigenvalue weighted by Gasteiger charge is -2.40. The Labute approximate surface area is 178 Å². The molecule has 156 valence electrons. The van der Waals surface area contributed by atoms with Crippen molar-refractivity contribution in [3.63, 3.8) is 0 Å². The maximum Gasteiger partial charge on any atom is 0.237 e. The van der Waals surface area contributed by atoms with Gasteiger partial charge in [0.2, 0.25) is 5.91 Å². The molecular formula is C26H30N2O2. The zero-order valence-corrected chi connectivity index (χ0v) is 17.5. The quantitative estimate of drug-likeness (QED) is 0.539. The van der Waals surface area contributed by atoms with E-state index in [-0.39, 0.29) is 11.8 Å². The van der Waals surface area contributed by atoms with E-state index >= 15 is 0 Å². The molecule has 0 saturated carbocycles. The van der Waals surface area contributed by atoms with Gasteiger partial charge in [0.15, 0.2) is 0 Å². The average molecular weight is 403 g/mol. The van der Waals surface area contributed by atoms with Crippen molar-refractivity contribution < 1.29 is 9.90 Å². The van der Waals surface area contributed by atoms with Gasteiger partial charge in [-0.15, -0.1) is 0 Å². The summed E-state index contributed by atoms with van der Waals surface area (Å²) in [7, 11) is 0. The molecule has 0 saturated heterocycles. The average Bonchev–Trinajstić information content (AvgIpc) is 2.78. The standard InChI is InChI=1S/C26H30N2O2/c1-19(2)24(28-25(29)23(27)18-20-12-6-3-7-13-20)26(30,21-14-8-4-9-15-21)22-16-10-5-11-17-22/h3-17,19,23-24,30H,18,27H2,1-2H3,(H,28,29)/t23-,24-/m0/s1. The Balaban J connectivity index is 1.92. The number of rotatable bonds is 8. The zero-order chi connectivity index (χ0) is 21.6. The predicted octanol–water partition coefficient (Wildman–Crippen LogP) is 3.63. The first-order valence-electron chi connectivity index (χ1n) is 10.4. The molecule has 4 heteroatoms. The minimum absolute atomic E-state index is 0.0386. The van der Waals surface area contributed by atoms with Crippen LogP contribution in [0.25, 0.3) is 0 Å². The van der Waals surface area contributed by atoms with Crippen LogP contribution in [0.15, 0.2) is 91.0 Å². The normalized spacial score (nSPS) is 13.6. The highest BCUT2D eigenvalue weighted by atomic mass is 16.3. The Hall–Kier alpha value is -2.95. The van der Waals surface area contributed by atoms with Gasteiger partial charge in [0, 0.05) is 0 Å². The third kappa shape index (κ3) is 4.78. The molecule has 0 heterocycles. The lowest BCUT2D eigenvalue weighted by Crippen LogP contribution is -2.57. The van der Waals surface area contributed by atoms with Crippen LogP contribution in [-0.4, -0.2) is 23.1 Å². The summed E-state index contributed by atoms with van der Waals surface area (Å²) in [6.45, 7) is 3.98. The van der Waals surface area contributed by atoms with Crippen LogP contribution in [0.3, 0.4) is 0 Å². The Kier molecular flexibility index (Phi) is 7.03. The van der Waals surface area contributed by atoms with E-state index < -0.39 is 17.7 Å². The molecule has 0 fully saturated rings. The third-order valence-electron chi connectivity index (χ3n) is 5.48. The Morgan fingerprint density at radius 3 is 1.73 bits per heavy atom. The molecular weight excluding hydrogens is 372 g/mol. The Morgan fingerprint density at radius 2 is 1.30 bits per heavy atom. The van der Waals surface area contributed by atoms with E-state index in [2.05, 4.69) is 5.32 Å². The first kappa shape index (κ1) is 21.8. The van der Waals surface area contributed by atoms with Crippen LogP contribution in [0.2, 0.25) is 0 Å². The van der Waals surface area contributed by atoms with Crippen molar-refractivity contribution in [3.05, 3.63) is 108 Å². The fourth-order valence-corrected chi connectivity index (χ4v) is 3.88. The van der Waals surface area contributed by atoms with E-state index in [0.29, 0.717) is 6.42 Å². The summed E-state index contributed by atoms with van der Waals surface area (Å²) in [5.74, 6) is -0.314. The maximum absolute atomic E-state index is 13.0. The molecule has 1 amide bonds. The largest absolute Gasteiger partial charge is 0.378 e. The highest BCUT2D eigenvalue weighted by Crippen LogP contribution is 2.36. The molecule has 0 aromatic heterocycles. The smallest absolute Gasteiger partial charge is 0.237 e. The van der Waals surface area contributed by atoms with Crippen molar-refractivity contribution in [3.8, 4) is 0 Å². The molecule has 4 N–H and O–H groups in total. The van der Waals surface area contributed by atoms with Crippen molar-refractivity contribution in [2.75, 3.05) is 0 Å². The summed E-state index contributed by atoms with van der Waals surface area (Å²) < 4.78 is 0. The van der Waals surface area contributed by atoms with Gasteiger partial charge in [0.25, 0.3) is 0 Å². The van der Waals surface area contributed by atoms with Crippen molar-refractivity contribution in [1.29, 1.82) is 0 Å². The van der Waals surface area contributed by atoms with Crippen LogP contribution in [-0.2, 0) is 16.8 Å². The van der Waals surface area contributed by atoms with E-state index in [1.807, 2.05) is 105 Å². The van der Waals surface area contributed by atoms with E-state index in [0.717, 1.165) is 16.7 Å². The summed E-state index contributed by atoms with van der Waals surface area (Å²) in [5.41, 5.74) is 7.29. The molecule has 4 nitrogen and oxygen atoms in total. The van der Waals surface area contributed by atoms with Gasteiger partial charge in [-0.25, -0.2) is 0 Å². The van der Waals surface area contributed by atoms with Crippen LogP contribution in [0.5, 0.6) is 0 Å². The number of nitrogens with two attached hydrogens (primary N) is 1. The second kappa shape index (κ2) is 9.70. The summed E-state index contributed by atoms with van der Waals surface area (Å²) in [6, 6.07) is 27.4. The lowest BCUT2D eigenvalue weighted by molar-refractivity contribution is -0.125. The van der Waals surface area contributed by atoms with Gasteiger partial charge in [-0.2, -0.15) is 0 Å². The van der Waals surface area contributed by atoms with Crippen LogP contribution in [0, 0.1) is 5.92 Å². The first-order valence-corrected chi connectivity index (χ1v) is 10.4. The van der Waals surface area contributed by atoms with Gasteiger partial charge < -0.3 is 16.2 Å². The van der Waals surface area contributed by atoms with Gasteiger partial charge in [-0.3, -0.25) is 4.79 Å². The zero-order valence-electron chi connectivity index (χ0n) is 17.5. The number of nitrogens with one attached hydrogen (secondary N) is 1. The fraction of sp³-hybridized carbons (Fsp3) is 0.269. The topological polar surface area (TPSA) is 75.4 Å². The van der Waals surface area contributed by atoms with Crippen LogP contribution >= 0.6 is 0 Å². The summed E-state index contributed by atoms with van der Waals surface area (Å²) in [4.78, 5) is 13.0. The van der Waals surface area contributed by atoms with Crippen LogP contribution < -0.4 is 11.1 Å². The van der Waals surface area contributed by atoms with Crippen molar-refractivity contribution in [1.82, 2.24) is 5.32 Å².